The first-order valence-electron chi connectivity index (χ1n) is 9.94. The Balaban J connectivity index is 1.43. The van der Waals surface area contributed by atoms with Crippen LogP contribution in [0.2, 0.25) is 0 Å². The van der Waals surface area contributed by atoms with Crippen LogP contribution in [0.5, 0.6) is 11.5 Å². The number of benzene rings is 2. The standard InChI is InChI=1S/C22H26N4O3/c1-15(2)13-26-14-17-11-18(4-5-19(17)23-26)24-7-9-25(10-8-24)22(29)16-3-6-20(27)21(28)12-16/h3-6,11-12,14-15,27-28H,7-10,13H2,1-2H3. The average Bonchev–Trinajstić information content (AvgIpc) is 3.10. The fourth-order valence-corrected chi connectivity index (χ4v) is 3.74. The molecule has 4 rings (SSSR count). The van der Waals surface area contributed by atoms with Gasteiger partial charge in [0.2, 0.25) is 0 Å². The molecule has 2 aromatic carbocycles. The summed E-state index contributed by atoms with van der Waals surface area (Å²) in [5.41, 5.74) is 2.51. The SMILES string of the molecule is CC(C)Cn1cc2cc(N3CCN(C(=O)c4ccc(O)c(O)c4)CC3)ccc2n1. The third kappa shape index (κ3) is 3.99. The van der Waals surface area contributed by atoms with Gasteiger partial charge in [-0.25, -0.2) is 0 Å². The number of anilines is 1. The van der Waals surface area contributed by atoms with Gasteiger partial charge in [0, 0.05) is 55.6 Å². The van der Waals surface area contributed by atoms with E-state index in [1.807, 2.05) is 4.68 Å². The molecule has 7 heteroatoms. The van der Waals surface area contributed by atoms with Crippen molar-refractivity contribution in [2.75, 3.05) is 31.1 Å². The van der Waals surface area contributed by atoms with Crippen molar-refractivity contribution < 1.29 is 15.0 Å². The Labute approximate surface area is 169 Å². The number of nitrogens with zero attached hydrogens (tertiary/aromatic N) is 4. The number of rotatable bonds is 4. The summed E-state index contributed by atoms with van der Waals surface area (Å²) in [5.74, 6) is -0.0884. The summed E-state index contributed by atoms with van der Waals surface area (Å²) in [6.45, 7) is 7.94. The summed E-state index contributed by atoms with van der Waals surface area (Å²) in [5, 5.41) is 24.8. The van der Waals surface area contributed by atoms with E-state index >= 15 is 0 Å². The Kier molecular flexibility index (Phi) is 5.05. The Morgan fingerprint density at radius 3 is 2.48 bits per heavy atom. The summed E-state index contributed by atoms with van der Waals surface area (Å²) in [7, 11) is 0. The normalized spacial score (nSPS) is 14.7. The number of carbonyl (C=O) groups is 1. The molecular formula is C22H26N4O3. The lowest BCUT2D eigenvalue weighted by molar-refractivity contribution is 0.0746. The predicted molar refractivity (Wildman–Crippen MR) is 112 cm³/mol. The van der Waals surface area contributed by atoms with Gasteiger partial charge in [-0.3, -0.25) is 9.48 Å². The van der Waals surface area contributed by atoms with Crippen LogP contribution in [-0.2, 0) is 6.54 Å². The molecule has 0 atom stereocenters. The van der Waals surface area contributed by atoms with Crippen molar-refractivity contribution in [3.8, 4) is 11.5 Å². The minimum atomic E-state index is -0.277. The first-order chi connectivity index (χ1) is 13.9. The van der Waals surface area contributed by atoms with E-state index in [0.29, 0.717) is 24.6 Å². The fraction of sp³-hybridized carbons (Fsp3) is 0.364. The van der Waals surface area contributed by atoms with Crippen LogP contribution < -0.4 is 4.90 Å². The minimum Gasteiger partial charge on any atom is -0.504 e. The molecule has 0 unspecified atom stereocenters. The highest BCUT2D eigenvalue weighted by Crippen LogP contribution is 2.26. The van der Waals surface area contributed by atoms with Crippen LogP contribution in [0.15, 0.2) is 42.6 Å². The van der Waals surface area contributed by atoms with Crippen molar-refractivity contribution in [2.24, 2.45) is 5.92 Å². The van der Waals surface area contributed by atoms with E-state index in [1.54, 1.807) is 4.90 Å². The topological polar surface area (TPSA) is 81.8 Å². The molecular weight excluding hydrogens is 368 g/mol. The maximum atomic E-state index is 12.7. The van der Waals surface area contributed by atoms with E-state index in [0.717, 1.165) is 36.2 Å². The van der Waals surface area contributed by atoms with Crippen LogP contribution >= 0.6 is 0 Å². The minimum absolute atomic E-state index is 0.134. The number of phenols is 2. The first-order valence-corrected chi connectivity index (χ1v) is 9.94. The zero-order valence-electron chi connectivity index (χ0n) is 16.7. The number of amides is 1. The Morgan fingerprint density at radius 2 is 1.79 bits per heavy atom. The third-order valence-electron chi connectivity index (χ3n) is 5.24. The number of carbonyl (C=O) groups excluding carboxylic acids is 1. The highest BCUT2D eigenvalue weighted by molar-refractivity contribution is 5.95. The number of phenolic OH excluding ortho intramolecular Hbond substituents is 2. The Hall–Kier alpha value is -3.22. The van der Waals surface area contributed by atoms with Gasteiger partial charge in [0.1, 0.15) is 0 Å². The summed E-state index contributed by atoms with van der Waals surface area (Å²) in [6, 6.07) is 10.5. The number of hydrogen-bond acceptors (Lipinski definition) is 5. The molecule has 0 aliphatic carbocycles. The Bertz CT molecular complexity index is 1040. The molecule has 1 amide bonds. The van der Waals surface area contributed by atoms with E-state index in [1.165, 1.54) is 18.2 Å². The molecule has 2 heterocycles. The molecule has 1 fully saturated rings. The lowest BCUT2D eigenvalue weighted by Gasteiger charge is -2.36. The Morgan fingerprint density at radius 1 is 1.03 bits per heavy atom. The summed E-state index contributed by atoms with van der Waals surface area (Å²) >= 11 is 0. The predicted octanol–water partition coefficient (Wildman–Crippen LogP) is 3.07. The van der Waals surface area contributed by atoms with E-state index in [-0.39, 0.29) is 17.4 Å². The van der Waals surface area contributed by atoms with Crippen molar-refractivity contribution in [3.63, 3.8) is 0 Å². The van der Waals surface area contributed by atoms with Gasteiger partial charge in [-0.2, -0.15) is 5.10 Å². The van der Waals surface area contributed by atoms with Gasteiger partial charge < -0.3 is 20.0 Å². The third-order valence-corrected chi connectivity index (χ3v) is 5.24. The van der Waals surface area contributed by atoms with Gasteiger partial charge in [-0.15, -0.1) is 0 Å². The van der Waals surface area contributed by atoms with Gasteiger partial charge in [0.05, 0.1) is 5.52 Å². The lowest BCUT2D eigenvalue weighted by atomic mass is 10.1. The van der Waals surface area contributed by atoms with E-state index in [9.17, 15) is 15.0 Å². The van der Waals surface area contributed by atoms with E-state index in [2.05, 4.69) is 48.2 Å². The maximum Gasteiger partial charge on any atom is 0.254 e. The molecule has 1 aliphatic heterocycles. The number of aromatic hydroxyl groups is 2. The zero-order valence-corrected chi connectivity index (χ0v) is 16.7. The number of hydrogen-bond donors (Lipinski definition) is 2. The zero-order chi connectivity index (χ0) is 20.5. The molecule has 0 spiro atoms. The van der Waals surface area contributed by atoms with Gasteiger partial charge in [-0.1, -0.05) is 13.8 Å². The molecule has 0 bridgehead atoms. The fourth-order valence-electron chi connectivity index (χ4n) is 3.74. The number of aromatic nitrogens is 2. The largest absolute Gasteiger partial charge is 0.504 e. The van der Waals surface area contributed by atoms with Crippen LogP contribution in [0.25, 0.3) is 10.9 Å². The average molecular weight is 394 g/mol. The van der Waals surface area contributed by atoms with Crippen molar-refractivity contribution >= 4 is 22.5 Å². The molecule has 1 aliphatic rings. The maximum absolute atomic E-state index is 12.7. The summed E-state index contributed by atoms with van der Waals surface area (Å²) < 4.78 is 2.00. The van der Waals surface area contributed by atoms with Crippen LogP contribution in [-0.4, -0.2) is 57.0 Å². The van der Waals surface area contributed by atoms with E-state index in [4.69, 9.17) is 0 Å². The quantitative estimate of drug-likeness (QED) is 0.665. The smallest absolute Gasteiger partial charge is 0.254 e. The summed E-state index contributed by atoms with van der Waals surface area (Å²) in [6.07, 6.45) is 2.09. The van der Waals surface area contributed by atoms with Crippen molar-refractivity contribution in [2.45, 2.75) is 20.4 Å². The van der Waals surface area contributed by atoms with Gasteiger partial charge in [-0.05, 0) is 42.3 Å². The first kappa shape index (κ1) is 19.1. The summed E-state index contributed by atoms with van der Waals surface area (Å²) in [4.78, 5) is 16.7. The lowest BCUT2D eigenvalue weighted by Crippen LogP contribution is -2.48. The van der Waals surface area contributed by atoms with Crippen molar-refractivity contribution in [1.29, 1.82) is 0 Å². The van der Waals surface area contributed by atoms with Crippen LogP contribution in [0.3, 0.4) is 0 Å². The molecule has 152 valence electrons. The van der Waals surface area contributed by atoms with Gasteiger partial charge in [0.25, 0.3) is 5.91 Å². The number of piperazine rings is 1. The van der Waals surface area contributed by atoms with Crippen LogP contribution in [0.4, 0.5) is 5.69 Å². The highest BCUT2D eigenvalue weighted by atomic mass is 16.3. The molecule has 7 nitrogen and oxygen atoms in total. The van der Waals surface area contributed by atoms with Crippen molar-refractivity contribution in [3.05, 3.63) is 48.2 Å². The van der Waals surface area contributed by atoms with Gasteiger partial charge >= 0.3 is 0 Å². The molecule has 29 heavy (non-hydrogen) atoms. The van der Waals surface area contributed by atoms with E-state index < -0.39 is 0 Å². The molecule has 0 saturated carbocycles. The molecule has 2 N–H and O–H groups in total. The van der Waals surface area contributed by atoms with Gasteiger partial charge in [0.15, 0.2) is 11.5 Å². The monoisotopic (exact) mass is 394 g/mol. The molecule has 1 saturated heterocycles. The molecule has 0 radical (unpaired) electrons. The second-order valence-electron chi connectivity index (χ2n) is 7.97. The number of fused-ring (bicyclic) bond motifs is 1. The molecule has 1 aromatic heterocycles. The van der Waals surface area contributed by atoms with Crippen LogP contribution in [0, 0.1) is 5.92 Å². The highest BCUT2D eigenvalue weighted by Gasteiger charge is 2.23. The second kappa shape index (κ2) is 7.66. The van der Waals surface area contributed by atoms with Crippen molar-refractivity contribution in [1.82, 2.24) is 14.7 Å². The second-order valence-corrected chi connectivity index (χ2v) is 7.97. The van der Waals surface area contributed by atoms with Crippen LogP contribution in [0.1, 0.15) is 24.2 Å². The molecule has 3 aromatic rings.